The van der Waals surface area contributed by atoms with E-state index in [1.54, 1.807) is 0 Å². The van der Waals surface area contributed by atoms with Gasteiger partial charge in [0.15, 0.2) is 0 Å². The van der Waals surface area contributed by atoms with E-state index < -0.39 is 35.4 Å². The predicted octanol–water partition coefficient (Wildman–Crippen LogP) is 1.94. The normalized spacial score (nSPS) is 13.4. The molecule has 0 aromatic heterocycles. The van der Waals surface area contributed by atoms with Crippen molar-refractivity contribution in [1.29, 1.82) is 0 Å². The van der Waals surface area contributed by atoms with Crippen molar-refractivity contribution >= 4 is 11.9 Å². The lowest BCUT2D eigenvalue weighted by Gasteiger charge is -2.29. The summed E-state index contributed by atoms with van der Waals surface area (Å²) in [4.78, 5) is 22.0. The number of halogens is 3. The molecule has 17 heavy (non-hydrogen) atoms. The van der Waals surface area contributed by atoms with Crippen LogP contribution >= 0.6 is 0 Å². The van der Waals surface area contributed by atoms with Crippen molar-refractivity contribution in [2.24, 2.45) is 5.41 Å². The number of amides is 1. The van der Waals surface area contributed by atoms with Gasteiger partial charge in [-0.3, -0.25) is 4.79 Å². The zero-order valence-electron chi connectivity index (χ0n) is 10.1. The molecule has 0 aliphatic heterocycles. The second-order valence-electron chi connectivity index (χ2n) is 5.04. The second kappa shape index (κ2) is 4.54. The van der Waals surface area contributed by atoms with Crippen LogP contribution in [0.15, 0.2) is 0 Å². The molecule has 0 atom stereocenters. The van der Waals surface area contributed by atoms with Crippen molar-refractivity contribution in [3.05, 3.63) is 0 Å². The second-order valence-corrected chi connectivity index (χ2v) is 5.04. The first-order valence-electron chi connectivity index (χ1n) is 4.91. The lowest BCUT2D eigenvalue weighted by atomic mass is 9.88. The summed E-state index contributed by atoms with van der Waals surface area (Å²) in [5, 5.41) is 10.8. The molecule has 0 aromatic rings. The topological polar surface area (TPSA) is 66.4 Å². The minimum Gasteiger partial charge on any atom is -0.480 e. The van der Waals surface area contributed by atoms with E-state index in [0.717, 1.165) is 13.8 Å². The number of rotatable bonds is 4. The third-order valence-corrected chi connectivity index (χ3v) is 2.36. The fraction of sp³-hybridized carbons (Fsp3) is 0.800. The number of aliphatic carboxylic acids is 1. The number of alkyl halides is 3. The van der Waals surface area contributed by atoms with Crippen LogP contribution in [0.4, 0.5) is 13.2 Å². The quantitative estimate of drug-likeness (QED) is 0.806. The highest BCUT2D eigenvalue weighted by Gasteiger charge is 2.48. The minimum absolute atomic E-state index is 0.812. The van der Waals surface area contributed by atoms with Crippen LogP contribution < -0.4 is 5.32 Å². The van der Waals surface area contributed by atoms with E-state index in [-0.39, 0.29) is 0 Å². The maximum absolute atomic E-state index is 12.5. The Labute approximate surface area is 97.2 Å². The molecule has 0 saturated heterocycles. The first kappa shape index (κ1) is 15.7. The molecule has 0 fully saturated rings. The number of carbonyl (C=O) groups is 2. The van der Waals surface area contributed by atoms with Gasteiger partial charge in [-0.25, -0.2) is 4.79 Å². The zero-order valence-corrected chi connectivity index (χ0v) is 10.1. The number of carboxylic acid groups (broad SMARTS) is 1. The molecular weight excluding hydrogens is 239 g/mol. The molecule has 0 aliphatic carbocycles. The van der Waals surface area contributed by atoms with Gasteiger partial charge in [0.05, 0.1) is 5.41 Å². The molecule has 0 rings (SSSR count). The summed E-state index contributed by atoms with van der Waals surface area (Å²) in [6, 6.07) is 0. The van der Waals surface area contributed by atoms with Crippen LogP contribution in [0, 0.1) is 5.41 Å². The Balaban J connectivity index is 4.64. The minimum atomic E-state index is -4.52. The van der Waals surface area contributed by atoms with Crippen molar-refractivity contribution in [2.75, 3.05) is 0 Å². The molecule has 0 heterocycles. The fourth-order valence-corrected chi connectivity index (χ4v) is 0.948. The summed E-state index contributed by atoms with van der Waals surface area (Å²) in [6.45, 7) is 4.18. The Kier molecular flexibility index (Phi) is 4.20. The van der Waals surface area contributed by atoms with Crippen LogP contribution in [-0.2, 0) is 9.59 Å². The molecule has 0 radical (unpaired) electrons. The zero-order chi connectivity index (χ0) is 14.1. The van der Waals surface area contributed by atoms with Crippen molar-refractivity contribution in [3.63, 3.8) is 0 Å². The Bertz CT molecular complexity index is 321. The summed E-state index contributed by atoms with van der Waals surface area (Å²) in [5.74, 6) is -2.25. The van der Waals surface area contributed by atoms with Crippen LogP contribution in [0.2, 0.25) is 0 Å². The number of nitrogens with one attached hydrogen (secondary N) is 1. The standard InChI is InChI=1S/C10H16F3NO3/c1-8(2,10(11,12)13)5-6(15)14-9(3,4)7(16)17/h5H2,1-4H3,(H,14,15)(H,16,17). The van der Waals surface area contributed by atoms with E-state index in [0.29, 0.717) is 0 Å². The smallest absolute Gasteiger partial charge is 0.394 e. The van der Waals surface area contributed by atoms with Gasteiger partial charge in [0.2, 0.25) is 5.91 Å². The summed E-state index contributed by atoms with van der Waals surface area (Å²) >= 11 is 0. The molecule has 1 amide bonds. The summed E-state index contributed by atoms with van der Waals surface area (Å²) in [6.07, 6.45) is -5.33. The van der Waals surface area contributed by atoms with Crippen LogP contribution in [-0.4, -0.2) is 28.7 Å². The van der Waals surface area contributed by atoms with Crippen LogP contribution in [0.3, 0.4) is 0 Å². The fourth-order valence-electron chi connectivity index (χ4n) is 0.948. The molecule has 0 unspecified atom stereocenters. The number of hydrogen-bond donors (Lipinski definition) is 2. The maximum Gasteiger partial charge on any atom is 0.394 e. The molecular formula is C10H16F3NO3. The molecule has 0 bridgehead atoms. The molecule has 0 saturated carbocycles. The first-order chi connectivity index (χ1) is 7.29. The highest BCUT2D eigenvalue weighted by Crippen LogP contribution is 2.40. The largest absolute Gasteiger partial charge is 0.480 e. The van der Waals surface area contributed by atoms with Gasteiger partial charge in [-0.1, -0.05) is 13.8 Å². The van der Waals surface area contributed by atoms with Gasteiger partial charge >= 0.3 is 12.1 Å². The first-order valence-corrected chi connectivity index (χ1v) is 4.91. The van der Waals surface area contributed by atoms with Gasteiger partial charge in [-0.2, -0.15) is 13.2 Å². The van der Waals surface area contributed by atoms with E-state index in [1.807, 2.05) is 5.32 Å². The highest BCUT2D eigenvalue weighted by molar-refractivity contribution is 5.86. The number of carboxylic acids is 1. The lowest BCUT2D eigenvalue weighted by molar-refractivity contribution is -0.214. The van der Waals surface area contributed by atoms with Crippen molar-refractivity contribution in [1.82, 2.24) is 5.32 Å². The summed E-state index contributed by atoms with van der Waals surface area (Å²) < 4.78 is 37.5. The molecule has 0 aromatic carbocycles. The Morgan fingerprint density at radius 1 is 1.12 bits per heavy atom. The van der Waals surface area contributed by atoms with E-state index in [9.17, 15) is 22.8 Å². The third kappa shape index (κ3) is 4.24. The number of carbonyl (C=O) groups excluding carboxylic acids is 1. The molecule has 2 N–H and O–H groups in total. The van der Waals surface area contributed by atoms with Gasteiger partial charge in [-0.15, -0.1) is 0 Å². The van der Waals surface area contributed by atoms with E-state index in [1.165, 1.54) is 13.8 Å². The molecule has 100 valence electrons. The molecule has 0 aliphatic rings. The van der Waals surface area contributed by atoms with Gasteiger partial charge in [-0.05, 0) is 13.8 Å². The molecule has 0 spiro atoms. The Hall–Kier alpha value is -1.27. The van der Waals surface area contributed by atoms with Gasteiger partial charge in [0.1, 0.15) is 5.54 Å². The van der Waals surface area contributed by atoms with Crippen molar-refractivity contribution < 1.29 is 27.9 Å². The average molecular weight is 255 g/mol. The SMILES string of the molecule is CC(C)(NC(=O)CC(C)(C)C(F)(F)F)C(=O)O. The van der Waals surface area contributed by atoms with E-state index in [2.05, 4.69) is 0 Å². The van der Waals surface area contributed by atoms with E-state index in [4.69, 9.17) is 5.11 Å². The molecule has 7 heteroatoms. The van der Waals surface area contributed by atoms with Crippen LogP contribution in [0.5, 0.6) is 0 Å². The predicted molar refractivity (Wildman–Crippen MR) is 54.3 cm³/mol. The number of hydrogen-bond acceptors (Lipinski definition) is 2. The third-order valence-electron chi connectivity index (χ3n) is 2.36. The Morgan fingerprint density at radius 3 is 1.82 bits per heavy atom. The monoisotopic (exact) mass is 255 g/mol. The van der Waals surface area contributed by atoms with Gasteiger partial charge < -0.3 is 10.4 Å². The molecule has 4 nitrogen and oxygen atoms in total. The Morgan fingerprint density at radius 2 is 1.53 bits per heavy atom. The van der Waals surface area contributed by atoms with Gasteiger partial charge in [0, 0.05) is 6.42 Å². The van der Waals surface area contributed by atoms with Crippen molar-refractivity contribution in [2.45, 2.75) is 45.8 Å². The summed E-state index contributed by atoms with van der Waals surface area (Å²) in [7, 11) is 0. The van der Waals surface area contributed by atoms with Crippen LogP contribution in [0.25, 0.3) is 0 Å². The lowest BCUT2D eigenvalue weighted by Crippen LogP contribution is -2.51. The van der Waals surface area contributed by atoms with Crippen LogP contribution in [0.1, 0.15) is 34.1 Å². The highest BCUT2D eigenvalue weighted by atomic mass is 19.4. The van der Waals surface area contributed by atoms with Gasteiger partial charge in [0.25, 0.3) is 0 Å². The summed E-state index contributed by atoms with van der Waals surface area (Å²) in [5.41, 5.74) is -3.77. The maximum atomic E-state index is 12.5. The average Bonchev–Trinajstić information content (AvgIpc) is 1.98. The van der Waals surface area contributed by atoms with E-state index >= 15 is 0 Å². The van der Waals surface area contributed by atoms with Crippen molar-refractivity contribution in [3.8, 4) is 0 Å².